The highest BCUT2D eigenvalue weighted by molar-refractivity contribution is 8.26. The Morgan fingerprint density at radius 1 is 1.19 bits per heavy atom. The molecule has 130 valence electrons. The van der Waals surface area contributed by atoms with Gasteiger partial charge in [0.1, 0.15) is 5.82 Å². The first-order chi connectivity index (χ1) is 12.4. The Hall–Kier alpha value is -2.91. The quantitative estimate of drug-likeness (QED) is 0.262. The summed E-state index contributed by atoms with van der Waals surface area (Å²) < 4.78 is 13.8. The van der Waals surface area contributed by atoms with Crippen molar-refractivity contribution in [3.8, 4) is 0 Å². The van der Waals surface area contributed by atoms with Crippen molar-refractivity contribution < 1.29 is 18.9 Å². The topological polar surface area (TPSA) is 80.5 Å². The summed E-state index contributed by atoms with van der Waals surface area (Å²) in [6, 6.07) is 10.9. The van der Waals surface area contributed by atoms with Gasteiger partial charge in [-0.15, -0.1) is 0 Å². The van der Waals surface area contributed by atoms with Gasteiger partial charge >= 0.3 is 0 Å². The molecular formula is C17H9FN2O4S2. The van der Waals surface area contributed by atoms with E-state index in [1.54, 1.807) is 0 Å². The predicted octanol–water partition coefficient (Wildman–Crippen LogP) is 3.78. The number of imide groups is 1. The van der Waals surface area contributed by atoms with Crippen LogP contribution in [0.2, 0.25) is 0 Å². The van der Waals surface area contributed by atoms with E-state index in [0.29, 0.717) is 5.56 Å². The van der Waals surface area contributed by atoms with Crippen molar-refractivity contribution in [1.82, 2.24) is 4.90 Å². The molecule has 0 bridgehead atoms. The minimum absolute atomic E-state index is 0.00332. The maximum absolute atomic E-state index is 13.8. The molecule has 1 aliphatic rings. The number of amides is 2. The molecule has 1 aliphatic heterocycles. The molecule has 26 heavy (non-hydrogen) atoms. The minimum Gasteiger partial charge on any atom is -0.268 e. The van der Waals surface area contributed by atoms with E-state index in [4.69, 9.17) is 12.2 Å². The molecule has 2 aromatic carbocycles. The summed E-state index contributed by atoms with van der Waals surface area (Å²) in [7, 11) is 0. The van der Waals surface area contributed by atoms with Crippen LogP contribution in [0.4, 0.5) is 10.1 Å². The third kappa shape index (κ3) is 3.39. The molecule has 3 rings (SSSR count). The van der Waals surface area contributed by atoms with Crippen LogP contribution in [0.3, 0.4) is 0 Å². The van der Waals surface area contributed by atoms with Gasteiger partial charge in [0.2, 0.25) is 0 Å². The first-order valence-corrected chi connectivity index (χ1v) is 8.42. The fraction of sp³-hybridized carbons (Fsp3) is 0. The second-order valence-corrected chi connectivity index (χ2v) is 6.83. The summed E-state index contributed by atoms with van der Waals surface area (Å²) in [5.41, 5.74) is 0.208. The smallest absolute Gasteiger partial charge is 0.268 e. The lowest BCUT2D eigenvalue weighted by Gasteiger charge is -2.12. The predicted molar refractivity (Wildman–Crippen MR) is 98.8 cm³/mol. The van der Waals surface area contributed by atoms with Crippen LogP contribution in [0.25, 0.3) is 6.08 Å². The Kier molecular flexibility index (Phi) is 4.92. The molecule has 2 amide bonds. The average molecular weight is 388 g/mol. The summed E-state index contributed by atoms with van der Waals surface area (Å²) in [4.78, 5) is 36.0. The van der Waals surface area contributed by atoms with Gasteiger partial charge in [-0.3, -0.25) is 19.7 Å². The fourth-order valence-corrected chi connectivity index (χ4v) is 3.50. The molecule has 0 atom stereocenters. The number of nitrogens with zero attached hydrogens (tertiary/aromatic N) is 2. The maximum Gasteiger partial charge on any atom is 0.273 e. The number of thiocarbonyl (C=S) groups is 1. The zero-order valence-corrected chi connectivity index (χ0v) is 14.6. The van der Waals surface area contributed by atoms with Gasteiger partial charge < -0.3 is 0 Å². The molecule has 1 fully saturated rings. The van der Waals surface area contributed by atoms with Gasteiger partial charge in [0.15, 0.2) is 4.32 Å². The summed E-state index contributed by atoms with van der Waals surface area (Å²) in [5, 5.41) is 10.7. The number of thioether (sulfide) groups is 1. The molecular weight excluding hydrogens is 379 g/mol. The molecule has 1 saturated heterocycles. The highest BCUT2D eigenvalue weighted by Crippen LogP contribution is 2.34. The van der Waals surface area contributed by atoms with Crippen LogP contribution in [0.5, 0.6) is 0 Å². The van der Waals surface area contributed by atoms with E-state index in [9.17, 15) is 24.1 Å². The van der Waals surface area contributed by atoms with Gasteiger partial charge in [-0.1, -0.05) is 36.1 Å². The molecule has 6 nitrogen and oxygen atoms in total. The Balaban J connectivity index is 1.88. The molecule has 0 aliphatic carbocycles. The maximum atomic E-state index is 13.8. The zero-order valence-electron chi connectivity index (χ0n) is 12.9. The van der Waals surface area contributed by atoms with E-state index >= 15 is 0 Å². The van der Waals surface area contributed by atoms with Gasteiger partial charge in [-0.25, -0.2) is 9.29 Å². The van der Waals surface area contributed by atoms with Crippen LogP contribution < -0.4 is 0 Å². The van der Waals surface area contributed by atoms with Crippen molar-refractivity contribution in [2.45, 2.75) is 0 Å². The highest BCUT2D eigenvalue weighted by atomic mass is 32.2. The molecule has 0 radical (unpaired) electrons. The van der Waals surface area contributed by atoms with Crippen molar-refractivity contribution in [1.29, 1.82) is 0 Å². The fourth-order valence-electron chi connectivity index (χ4n) is 2.24. The number of carbonyl (C=O) groups is 2. The Bertz CT molecular complexity index is 973. The SMILES string of the molecule is O=C1/C(=C\c2ccc([N+](=O)[O-])cc2)SC(=S)N1C(=O)c1ccccc1F. The van der Waals surface area contributed by atoms with E-state index in [0.717, 1.165) is 22.7 Å². The lowest BCUT2D eigenvalue weighted by Crippen LogP contribution is -2.35. The molecule has 0 spiro atoms. The molecule has 0 N–H and O–H groups in total. The largest absolute Gasteiger partial charge is 0.273 e. The van der Waals surface area contributed by atoms with E-state index in [2.05, 4.69) is 0 Å². The van der Waals surface area contributed by atoms with E-state index in [-0.39, 0.29) is 20.5 Å². The number of nitro groups is 1. The van der Waals surface area contributed by atoms with Gasteiger partial charge in [-0.2, -0.15) is 0 Å². The minimum atomic E-state index is -0.835. The van der Waals surface area contributed by atoms with Crippen LogP contribution in [-0.2, 0) is 4.79 Å². The molecule has 2 aromatic rings. The lowest BCUT2D eigenvalue weighted by molar-refractivity contribution is -0.384. The Morgan fingerprint density at radius 3 is 2.46 bits per heavy atom. The van der Waals surface area contributed by atoms with E-state index in [1.807, 2.05) is 0 Å². The van der Waals surface area contributed by atoms with E-state index < -0.39 is 22.6 Å². The summed E-state index contributed by atoms with van der Waals surface area (Å²) in [6.07, 6.45) is 1.47. The number of benzene rings is 2. The van der Waals surface area contributed by atoms with Crippen LogP contribution in [0.15, 0.2) is 53.4 Å². The van der Waals surface area contributed by atoms with Crippen LogP contribution in [-0.4, -0.2) is 26.0 Å². The Morgan fingerprint density at radius 2 is 1.85 bits per heavy atom. The summed E-state index contributed by atoms with van der Waals surface area (Å²) in [6.45, 7) is 0. The zero-order chi connectivity index (χ0) is 18.8. The van der Waals surface area contributed by atoms with Crippen LogP contribution >= 0.6 is 24.0 Å². The van der Waals surface area contributed by atoms with Crippen molar-refractivity contribution in [2.24, 2.45) is 0 Å². The van der Waals surface area contributed by atoms with E-state index in [1.165, 1.54) is 48.5 Å². The molecule has 0 saturated carbocycles. The standard InChI is InChI=1S/C17H9FN2O4S2/c18-13-4-2-1-3-12(13)15(21)19-16(22)14(26-17(19)25)9-10-5-7-11(8-6-10)20(23)24/h1-9H/b14-9+. The van der Waals surface area contributed by atoms with Gasteiger partial charge in [0.25, 0.3) is 17.5 Å². The number of hydrogen-bond acceptors (Lipinski definition) is 6. The molecule has 9 heteroatoms. The van der Waals surface area contributed by atoms with Crippen molar-refractivity contribution in [3.63, 3.8) is 0 Å². The van der Waals surface area contributed by atoms with Crippen LogP contribution in [0, 0.1) is 15.9 Å². The molecule has 0 aromatic heterocycles. The number of carbonyl (C=O) groups excluding carboxylic acids is 2. The monoisotopic (exact) mass is 388 g/mol. The first kappa shape index (κ1) is 17.9. The number of non-ortho nitro benzene ring substituents is 1. The van der Waals surface area contributed by atoms with Crippen molar-refractivity contribution in [3.05, 3.63) is 80.5 Å². The number of halogens is 1. The highest BCUT2D eigenvalue weighted by Gasteiger charge is 2.38. The summed E-state index contributed by atoms with van der Waals surface area (Å²) >= 11 is 5.99. The molecule has 0 unspecified atom stereocenters. The summed E-state index contributed by atoms with van der Waals surface area (Å²) in [5.74, 6) is -2.24. The second kappa shape index (κ2) is 7.14. The van der Waals surface area contributed by atoms with Gasteiger partial charge in [0, 0.05) is 12.1 Å². The molecule has 1 heterocycles. The average Bonchev–Trinajstić information content (AvgIpc) is 2.89. The van der Waals surface area contributed by atoms with Gasteiger partial charge in [-0.05, 0) is 35.9 Å². The number of hydrogen-bond donors (Lipinski definition) is 0. The normalized spacial score (nSPS) is 15.6. The van der Waals surface area contributed by atoms with Crippen molar-refractivity contribution in [2.75, 3.05) is 0 Å². The third-order valence-corrected chi connectivity index (χ3v) is 4.80. The first-order valence-electron chi connectivity index (χ1n) is 7.20. The lowest BCUT2D eigenvalue weighted by atomic mass is 10.1. The number of nitro benzene ring substituents is 1. The van der Waals surface area contributed by atoms with Crippen LogP contribution in [0.1, 0.15) is 15.9 Å². The third-order valence-electron chi connectivity index (χ3n) is 3.50. The van der Waals surface area contributed by atoms with Gasteiger partial charge in [0.05, 0.1) is 15.4 Å². The number of rotatable bonds is 3. The Labute approximate surface area is 156 Å². The van der Waals surface area contributed by atoms with Crippen molar-refractivity contribution >= 4 is 51.9 Å². The second-order valence-electron chi connectivity index (χ2n) is 5.15.